The van der Waals surface area contributed by atoms with E-state index < -0.39 is 5.54 Å². The molecule has 0 atom stereocenters. The van der Waals surface area contributed by atoms with E-state index in [1.165, 1.54) is 0 Å². The molecule has 3 rings (SSSR count). The van der Waals surface area contributed by atoms with Gasteiger partial charge in [-0.25, -0.2) is 4.79 Å². The van der Waals surface area contributed by atoms with E-state index in [2.05, 4.69) is 17.6 Å². The van der Waals surface area contributed by atoms with Gasteiger partial charge in [0, 0.05) is 13.6 Å². The fourth-order valence-corrected chi connectivity index (χ4v) is 4.39. The van der Waals surface area contributed by atoms with Crippen molar-refractivity contribution >= 4 is 17.8 Å². The summed E-state index contributed by atoms with van der Waals surface area (Å²) in [5, 5.41) is 6.26. The molecule has 2 aliphatic heterocycles. The summed E-state index contributed by atoms with van der Waals surface area (Å²) in [7, 11) is 1.69. The van der Waals surface area contributed by atoms with Crippen molar-refractivity contribution in [3.63, 3.8) is 0 Å². The van der Waals surface area contributed by atoms with Crippen molar-refractivity contribution < 1.29 is 14.4 Å². The number of hydrogen-bond donors (Lipinski definition) is 2. The zero-order valence-corrected chi connectivity index (χ0v) is 15.4. The summed E-state index contributed by atoms with van der Waals surface area (Å²) in [6.45, 7) is 4.51. The predicted molar refractivity (Wildman–Crippen MR) is 93.9 cm³/mol. The fraction of sp³-hybridized carbons (Fsp3) is 0.833. The van der Waals surface area contributed by atoms with Crippen LogP contribution in [0.4, 0.5) is 4.79 Å². The monoisotopic (exact) mass is 350 g/mol. The number of urea groups is 1. The molecule has 3 fully saturated rings. The van der Waals surface area contributed by atoms with Crippen molar-refractivity contribution in [2.75, 3.05) is 33.2 Å². The molecule has 3 aliphatic rings. The number of hydrogen-bond acceptors (Lipinski definition) is 4. The summed E-state index contributed by atoms with van der Waals surface area (Å²) >= 11 is 0. The Morgan fingerprint density at radius 3 is 2.40 bits per heavy atom. The molecular weight excluding hydrogens is 320 g/mol. The van der Waals surface area contributed by atoms with Gasteiger partial charge in [0.15, 0.2) is 0 Å². The van der Waals surface area contributed by atoms with Crippen LogP contribution in [0.25, 0.3) is 0 Å². The Kier molecular flexibility index (Phi) is 5.04. The van der Waals surface area contributed by atoms with Crippen LogP contribution in [0, 0.1) is 5.41 Å². The van der Waals surface area contributed by atoms with E-state index in [4.69, 9.17) is 0 Å². The smallest absolute Gasteiger partial charge is 0.327 e. The number of rotatable bonds is 4. The van der Waals surface area contributed by atoms with Gasteiger partial charge in [-0.05, 0) is 44.2 Å². The summed E-state index contributed by atoms with van der Waals surface area (Å²) in [4.78, 5) is 40.5. The molecule has 2 heterocycles. The van der Waals surface area contributed by atoms with Gasteiger partial charge >= 0.3 is 6.03 Å². The molecule has 2 saturated heterocycles. The molecule has 1 spiro atoms. The molecule has 7 nitrogen and oxygen atoms in total. The predicted octanol–water partition coefficient (Wildman–Crippen LogP) is 1.09. The molecule has 25 heavy (non-hydrogen) atoms. The lowest BCUT2D eigenvalue weighted by Crippen LogP contribution is -2.50. The Morgan fingerprint density at radius 2 is 1.76 bits per heavy atom. The minimum Gasteiger partial charge on any atom is -0.354 e. The number of amides is 4. The molecule has 4 amide bonds. The van der Waals surface area contributed by atoms with Crippen LogP contribution >= 0.6 is 0 Å². The minimum absolute atomic E-state index is 0.0846. The molecule has 2 N–H and O–H groups in total. The van der Waals surface area contributed by atoms with Crippen molar-refractivity contribution in [1.29, 1.82) is 0 Å². The number of carbonyl (C=O) groups excluding carboxylic acids is 3. The molecule has 140 valence electrons. The van der Waals surface area contributed by atoms with Crippen molar-refractivity contribution in [3.8, 4) is 0 Å². The van der Waals surface area contributed by atoms with Gasteiger partial charge in [0.1, 0.15) is 12.1 Å². The highest BCUT2D eigenvalue weighted by atomic mass is 16.2. The first-order valence-electron chi connectivity index (χ1n) is 9.45. The van der Waals surface area contributed by atoms with E-state index in [1.807, 2.05) is 0 Å². The highest BCUT2D eigenvalue weighted by Crippen LogP contribution is 2.39. The lowest BCUT2D eigenvalue weighted by Gasteiger charge is -2.35. The molecule has 1 aliphatic carbocycles. The van der Waals surface area contributed by atoms with Gasteiger partial charge < -0.3 is 15.5 Å². The maximum Gasteiger partial charge on any atom is 0.327 e. The van der Waals surface area contributed by atoms with Crippen LogP contribution in [0.1, 0.15) is 51.9 Å². The highest BCUT2D eigenvalue weighted by Gasteiger charge is 2.55. The van der Waals surface area contributed by atoms with Crippen molar-refractivity contribution in [2.24, 2.45) is 5.41 Å². The van der Waals surface area contributed by atoms with E-state index in [-0.39, 0.29) is 29.8 Å². The Morgan fingerprint density at radius 1 is 1.12 bits per heavy atom. The summed E-state index contributed by atoms with van der Waals surface area (Å²) in [5.41, 5.74) is -0.627. The largest absolute Gasteiger partial charge is 0.354 e. The summed E-state index contributed by atoms with van der Waals surface area (Å²) in [6.07, 6.45) is 6.45. The Balaban J connectivity index is 1.59. The zero-order chi connectivity index (χ0) is 18.1. The molecule has 0 aromatic heterocycles. The molecule has 0 aromatic rings. The fourth-order valence-electron chi connectivity index (χ4n) is 4.39. The topological polar surface area (TPSA) is 81.8 Å². The van der Waals surface area contributed by atoms with Crippen LogP contribution in [0.5, 0.6) is 0 Å². The van der Waals surface area contributed by atoms with E-state index in [1.54, 1.807) is 11.9 Å². The van der Waals surface area contributed by atoms with Gasteiger partial charge in [-0.15, -0.1) is 0 Å². The van der Waals surface area contributed by atoms with Crippen LogP contribution in [0.2, 0.25) is 0 Å². The number of nitrogens with zero attached hydrogens (tertiary/aromatic N) is 2. The third kappa shape index (κ3) is 3.38. The Hall–Kier alpha value is -1.63. The molecule has 0 unspecified atom stereocenters. The summed E-state index contributed by atoms with van der Waals surface area (Å²) < 4.78 is 0. The SMILES string of the molecule is CN1C(=O)N(CC(=O)NCC2(C)CCNCC2)C(=O)C12CCCCC2. The van der Waals surface area contributed by atoms with E-state index in [0.717, 1.165) is 50.1 Å². The first kappa shape index (κ1) is 18.2. The molecule has 7 heteroatoms. The van der Waals surface area contributed by atoms with Crippen molar-refractivity contribution in [2.45, 2.75) is 57.4 Å². The van der Waals surface area contributed by atoms with Crippen LogP contribution in [0.15, 0.2) is 0 Å². The average Bonchev–Trinajstić information content (AvgIpc) is 2.78. The standard InChI is InChI=1S/C18H30N4O3/c1-17(8-10-19-11-9-17)13-20-14(23)12-22-15(24)18(21(2)16(22)25)6-4-3-5-7-18/h19H,3-13H2,1-2H3,(H,20,23). The maximum atomic E-state index is 12.9. The van der Waals surface area contributed by atoms with Crippen LogP contribution in [-0.2, 0) is 9.59 Å². The Bertz CT molecular complexity index is 551. The normalized spacial score (nSPS) is 25.5. The van der Waals surface area contributed by atoms with Gasteiger partial charge in [0.25, 0.3) is 5.91 Å². The second-order valence-corrected chi connectivity index (χ2v) is 8.16. The first-order chi connectivity index (χ1) is 11.9. The van der Waals surface area contributed by atoms with Gasteiger partial charge in [-0.1, -0.05) is 26.2 Å². The maximum absolute atomic E-state index is 12.9. The summed E-state index contributed by atoms with van der Waals surface area (Å²) in [6, 6.07) is -0.338. The number of likely N-dealkylation sites (N-methyl/N-ethyl adjacent to an activating group) is 1. The number of carbonyl (C=O) groups is 3. The molecule has 1 saturated carbocycles. The van der Waals surface area contributed by atoms with Crippen LogP contribution in [-0.4, -0.2) is 66.4 Å². The second-order valence-electron chi connectivity index (χ2n) is 8.16. The van der Waals surface area contributed by atoms with E-state index in [9.17, 15) is 14.4 Å². The third-order valence-electron chi connectivity index (χ3n) is 6.31. The van der Waals surface area contributed by atoms with E-state index in [0.29, 0.717) is 19.4 Å². The number of piperidine rings is 1. The van der Waals surface area contributed by atoms with Crippen LogP contribution in [0.3, 0.4) is 0 Å². The lowest BCUT2D eigenvalue weighted by molar-refractivity contribution is -0.137. The van der Waals surface area contributed by atoms with Crippen molar-refractivity contribution in [1.82, 2.24) is 20.4 Å². The van der Waals surface area contributed by atoms with Gasteiger partial charge in [0.2, 0.25) is 5.91 Å². The second kappa shape index (κ2) is 6.94. The number of nitrogens with one attached hydrogen (secondary N) is 2. The average molecular weight is 350 g/mol. The molecular formula is C18H30N4O3. The van der Waals surface area contributed by atoms with Gasteiger partial charge in [-0.2, -0.15) is 0 Å². The third-order valence-corrected chi connectivity index (χ3v) is 6.31. The highest BCUT2D eigenvalue weighted by molar-refractivity contribution is 6.08. The van der Waals surface area contributed by atoms with Gasteiger partial charge in [0.05, 0.1) is 0 Å². The van der Waals surface area contributed by atoms with E-state index >= 15 is 0 Å². The number of imide groups is 1. The Labute approximate surface area is 149 Å². The molecule has 0 bridgehead atoms. The minimum atomic E-state index is -0.712. The lowest BCUT2D eigenvalue weighted by atomic mass is 9.80. The quantitative estimate of drug-likeness (QED) is 0.744. The van der Waals surface area contributed by atoms with Crippen molar-refractivity contribution in [3.05, 3.63) is 0 Å². The zero-order valence-electron chi connectivity index (χ0n) is 15.4. The molecule has 0 aromatic carbocycles. The van der Waals surface area contributed by atoms with Crippen LogP contribution < -0.4 is 10.6 Å². The first-order valence-corrected chi connectivity index (χ1v) is 9.45. The molecule has 0 radical (unpaired) electrons. The summed E-state index contributed by atoms with van der Waals surface area (Å²) in [5.74, 6) is -0.439. The van der Waals surface area contributed by atoms with Gasteiger partial charge in [-0.3, -0.25) is 14.5 Å².